The molecular formula is C11H17N7O. The number of nitrogens with one attached hydrogen (secondary N) is 2. The average Bonchev–Trinajstić information content (AvgIpc) is 3.08. The van der Waals surface area contributed by atoms with Crippen LogP contribution in [-0.2, 0) is 0 Å². The maximum absolute atomic E-state index is 5.73. The number of ether oxygens (including phenoxy) is 1. The Labute approximate surface area is 110 Å². The number of anilines is 1. The van der Waals surface area contributed by atoms with E-state index in [9.17, 15) is 0 Å². The molecule has 0 radical (unpaired) electrons. The molecule has 0 spiro atoms. The van der Waals surface area contributed by atoms with E-state index >= 15 is 0 Å². The summed E-state index contributed by atoms with van der Waals surface area (Å²) in [7, 11) is 0. The molecule has 2 aromatic rings. The first-order valence-electron chi connectivity index (χ1n) is 6.40. The molecule has 3 heterocycles. The molecule has 0 unspecified atom stereocenters. The summed E-state index contributed by atoms with van der Waals surface area (Å²) in [5.74, 6) is 6.15. The van der Waals surface area contributed by atoms with Gasteiger partial charge in [-0.3, -0.25) is 15.4 Å². The lowest BCUT2D eigenvalue weighted by atomic mass is 10.4. The van der Waals surface area contributed by atoms with Gasteiger partial charge in [0.2, 0.25) is 11.8 Å². The molecule has 1 saturated heterocycles. The van der Waals surface area contributed by atoms with Crippen LogP contribution in [0.4, 0.5) is 5.95 Å². The Morgan fingerprint density at radius 3 is 3.00 bits per heavy atom. The largest absolute Gasteiger partial charge is 0.476 e. The Hall–Kier alpha value is -1.93. The summed E-state index contributed by atoms with van der Waals surface area (Å²) in [6.45, 7) is 3.82. The van der Waals surface area contributed by atoms with E-state index in [2.05, 4.69) is 30.5 Å². The van der Waals surface area contributed by atoms with Crippen LogP contribution in [0.25, 0.3) is 11.0 Å². The molecule has 1 aliphatic heterocycles. The van der Waals surface area contributed by atoms with E-state index in [4.69, 9.17) is 10.6 Å². The number of fused-ring (bicyclic) bond motifs is 1. The van der Waals surface area contributed by atoms with Crippen LogP contribution < -0.4 is 16.0 Å². The van der Waals surface area contributed by atoms with Gasteiger partial charge in [0.25, 0.3) is 0 Å². The molecule has 0 aromatic carbocycles. The van der Waals surface area contributed by atoms with Gasteiger partial charge in [-0.25, -0.2) is 5.84 Å². The van der Waals surface area contributed by atoms with Crippen LogP contribution in [0.15, 0.2) is 6.20 Å². The Kier molecular flexibility index (Phi) is 3.43. The Morgan fingerprint density at radius 1 is 1.37 bits per heavy atom. The third-order valence-electron chi connectivity index (χ3n) is 3.25. The zero-order valence-corrected chi connectivity index (χ0v) is 10.6. The topological polar surface area (TPSA) is 105 Å². The first-order valence-corrected chi connectivity index (χ1v) is 6.40. The van der Waals surface area contributed by atoms with Crippen molar-refractivity contribution in [1.82, 2.24) is 25.1 Å². The smallest absolute Gasteiger partial charge is 0.242 e. The van der Waals surface area contributed by atoms with Crippen molar-refractivity contribution in [2.45, 2.75) is 12.8 Å². The van der Waals surface area contributed by atoms with Crippen molar-refractivity contribution in [3.8, 4) is 5.88 Å². The maximum atomic E-state index is 5.73. The number of nitrogens with two attached hydrogens (primary N) is 1. The number of nitrogens with zero attached hydrogens (tertiary/aromatic N) is 4. The van der Waals surface area contributed by atoms with E-state index in [0.29, 0.717) is 24.1 Å². The van der Waals surface area contributed by atoms with Crippen molar-refractivity contribution in [2.75, 3.05) is 31.7 Å². The fraction of sp³-hybridized carbons (Fsp3) is 0.545. The Morgan fingerprint density at radius 2 is 2.21 bits per heavy atom. The van der Waals surface area contributed by atoms with Crippen LogP contribution in [0.3, 0.4) is 0 Å². The number of nitrogen functional groups attached to an aromatic ring is 1. The molecule has 0 amide bonds. The second-order valence-corrected chi connectivity index (χ2v) is 4.53. The van der Waals surface area contributed by atoms with E-state index < -0.39 is 0 Å². The van der Waals surface area contributed by atoms with Crippen molar-refractivity contribution in [1.29, 1.82) is 0 Å². The molecular weight excluding hydrogens is 246 g/mol. The number of aromatic amines is 1. The summed E-state index contributed by atoms with van der Waals surface area (Å²) in [6, 6.07) is 0. The molecule has 0 aliphatic carbocycles. The molecule has 0 bridgehead atoms. The van der Waals surface area contributed by atoms with E-state index in [-0.39, 0.29) is 0 Å². The van der Waals surface area contributed by atoms with Gasteiger partial charge in [-0.1, -0.05) is 0 Å². The zero-order valence-electron chi connectivity index (χ0n) is 10.6. The van der Waals surface area contributed by atoms with Crippen molar-refractivity contribution in [3.05, 3.63) is 6.20 Å². The van der Waals surface area contributed by atoms with Gasteiger partial charge in [0.05, 0.1) is 6.20 Å². The van der Waals surface area contributed by atoms with Crippen molar-refractivity contribution in [2.24, 2.45) is 5.84 Å². The lowest BCUT2D eigenvalue weighted by Crippen LogP contribution is -2.25. The SMILES string of the molecule is NNc1nc(OCCN2CCCC2)c2cn[nH]c2n1. The minimum absolute atomic E-state index is 0.313. The van der Waals surface area contributed by atoms with Crippen LogP contribution in [0.1, 0.15) is 12.8 Å². The van der Waals surface area contributed by atoms with Crippen LogP contribution in [0, 0.1) is 0 Å². The van der Waals surface area contributed by atoms with Crippen molar-refractivity contribution >= 4 is 17.0 Å². The van der Waals surface area contributed by atoms with Crippen LogP contribution in [-0.4, -0.2) is 51.3 Å². The summed E-state index contributed by atoms with van der Waals surface area (Å²) in [5.41, 5.74) is 3.03. The number of aromatic nitrogens is 4. The average molecular weight is 263 g/mol. The highest BCUT2D eigenvalue weighted by molar-refractivity contribution is 5.80. The Bertz CT molecular complexity index is 549. The van der Waals surface area contributed by atoms with Crippen molar-refractivity contribution < 1.29 is 4.74 Å². The summed E-state index contributed by atoms with van der Waals surface area (Å²) in [4.78, 5) is 10.7. The lowest BCUT2D eigenvalue weighted by molar-refractivity contribution is 0.234. The van der Waals surface area contributed by atoms with Crippen LogP contribution >= 0.6 is 0 Å². The molecule has 0 atom stereocenters. The Balaban J connectivity index is 1.70. The van der Waals surface area contributed by atoms with Crippen LogP contribution in [0.5, 0.6) is 5.88 Å². The maximum Gasteiger partial charge on any atom is 0.242 e. The van der Waals surface area contributed by atoms with Gasteiger partial charge >= 0.3 is 0 Å². The molecule has 19 heavy (non-hydrogen) atoms. The zero-order chi connectivity index (χ0) is 13.1. The number of hydrogen-bond acceptors (Lipinski definition) is 7. The van der Waals surface area contributed by atoms with Gasteiger partial charge in [0, 0.05) is 6.54 Å². The van der Waals surface area contributed by atoms with Gasteiger partial charge in [0.15, 0.2) is 5.65 Å². The van der Waals surface area contributed by atoms with Crippen LogP contribution in [0.2, 0.25) is 0 Å². The monoisotopic (exact) mass is 263 g/mol. The van der Waals surface area contributed by atoms with Gasteiger partial charge in [0.1, 0.15) is 12.0 Å². The molecule has 102 valence electrons. The number of H-pyrrole nitrogens is 1. The minimum Gasteiger partial charge on any atom is -0.476 e. The third kappa shape index (κ3) is 2.59. The first kappa shape index (κ1) is 12.1. The second kappa shape index (κ2) is 5.37. The molecule has 3 rings (SSSR count). The molecule has 0 saturated carbocycles. The predicted octanol–water partition coefficient (Wildman–Crippen LogP) is 0.113. The summed E-state index contributed by atoms with van der Waals surface area (Å²) >= 11 is 0. The fourth-order valence-corrected chi connectivity index (χ4v) is 2.26. The summed E-state index contributed by atoms with van der Waals surface area (Å²) in [6.07, 6.45) is 4.21. The normalized spacial score (nSPS) is 16.1. The molecule has 4 N–H and O–H groups in total. The quantitative estimate of drug-likeness (QED) is 0.519. The molecule has 1 fully saturated rings. The molecule has 2 aromatic heterocycles. The lowest BCUT2D eigenvalue weighted by Gasteiger charge is -2.14. The van der Waals surface area contributed by atoms with E-state index in [0.717, 1.165) is 25.0 Å². The molecule has 8 nitrogen and oxygen atoms in total. The number of likely N-dealkylation sites (tertiary alicyclic amines) is 1. The second-order valence-electron chi connectivity index (χ2n) is 4.53. The summed E-state index contributed by atoms with van der Waals surface area (Å²) < 4.78 is 5.73. The van der Waals surface area contributed by atoms with E-state index in [1.807, 2.05) is 0 Å². The van der Waals surface area contributed by atoms with Gasteiger partial charge in [-0.2, -0.15) is 15.1 Å². The third-order valence-corrected chi connectivity index (χ3v) is 3.25. The highest BCUT2D eigenvalue weighted by Crippen LogP contribution is 2.21. The fourth-order valence-electron chi connectivity index (χ4n) is 2.26. The van der Waals surface area contributed by atoms with Gasteiger partial charge in [-0.05, 0) is 25.9 Å². The molecule has 8 heteroatoms. The van der Waals surface area contributed by atoms with Crippen molar-refractivity contribution in [3.63, 3.8) is 0 Å². The van der Waals surface area contributed by atoms with E-state index in [1.54, 1.807) is 6.20 Å². The molecule has 1 aliphatic rings. The first-order chi connectivity index (χ1) is 9.36. The highest BCUT2D eigenvalue weighted by Gasteiger charge is 2.13. The van der Waals surface area contributed by atoms with Gasteiger partial charge in [-0.15, -0.1) is 0 Å². The number of rotatable bonds is 5. The standard InChI is InChI=1S/C11H17N7O/c12-16-11-14-9-8(7-13-17-9)10(15-11)19-6-5-18-3-1-2-4-18/h7H,1-6,12H2,(H2,13,14,15,16,17). The summed E-state index contributed by atoms with van der Waals surface area (Å²) in [5, 5.41) is 7.48. The number of hydrazine groups is 1. The minimum atomic E-state index is 0.313. The predicted molar refractivity (Wildman–Crippen MR) is 70.7 cm³/mol. The van der Waals surface area contributed by atoms with Gasteiger partial charge < -0.3 is 4.74 Å². The van der Waals surface area contributed by atoms with E-state index in [1.165, 1.54) is 12.8 Å². The highest BCUT2D eigenvalue weighted by atomic mass is 16.5. The number of hydrogen-bond donors (Lipinski definition) is 3.